The van der Waals surface area contributed by atoms with Crippen molar-refractivity contribution in [3.63, 3.8) is 0 Å². The van der Waals surface area contributed by atoms with Crippen LogP contribution in [0.2, 0.25) is 10.0 Å². The molecule has 1 nitrogen and oxygen atoms in total. The summed E-state index contributed by atoms with van der Waals surface area (Å²) in [5.41, 5.74) is 1.15. The highest BCUT2D eigenvalue weighted by Gasteiger charge is 2.13. The number of benzene rings is 1. The maximum Gasteiger partial charge on any atom is 0.0468 e. The van der Waals surface area contributed by atoms with E-state index in [0.717, 1.165) is 36.4 Å². The van der Waals surface area contributed by atoms with Gasteiger partial charge in [0.2, 0.25) is 0 Å². The highest BCUT2D eigenvalue weighted by Crippen LogP contribution is 2.28. The first kappa shape index (κ1) is 13.8. The Morgan fingerprint density at radius 1 is 1.19 bits per heavy atom. The van der Waals surface area contributed by atoms with Crippen LogP contribution < -0.4 is 5.32 Å². The first-order valence-electron chi connectivity index (χ1n) is 5.87. The minimum atomic E-state index is 0.342. The summed E-state index contributed by atoms with van der Waals surface area (Å²) in [4.78, 5) is 0. The highest BCUT2D eigenvalue weighted by atomic mass is 35.5. The molecule has 0 saturated carbocycles. The predicted octanol–water partition coefficient (Wildman–Crippen LogP) is 4.83. The molecule has 0 spiro atoms. The van der Waals surface area contributed by atoms with E-state index in [1.54, 1.807) is 0 Å². The van der Waals surface area contributed by atoms with Crippen molar-refractivity contribution in [2.45, 2.75) is 39.2 Å². The van der Waals surface area contributed by atoms with E-state index in [4.69, 9.17) is 23.2 Å². The SMILES string of the molecule is CCCNC(CCC)c1ccc(Cl)cc1Cl. The maximum atomic E-state index is 6.21. The normalized spacial score (nSPS) is 12.8. The van der Waals surface area contributed by atoms with Crippen LogP contribution in [-0.2, 0) is 0 Å². The molecule has 1 atom stereocenters. The van der Waals surface area contributed by atoms with Gasteiger partial charge < -0.3 is 5.32 Å². The van der Waals surface area contributed by atoms with Gasteiger partial charge in [-0.15, -0.1) is 0 Å². The smallest absolute Gasteiger partial charge is 0.0468 e. The fourth-order valence-corrected chi connectivity index (χ4v) is 2.30. The molecule has 1 unspecified atom stereocenters. The lowest BCUT2D eigenvalue weighted by Crippen LogP contribution is -2.22. The van der Waals surface area contributed by atoms with Crippen LogP contribution in [0.3, 0.4) is 0 Å². The molecular formula is C13H19Cl2N. The summed E-state index contributed by atoms with van der Waals surface area (Å²) >= 11 is 12.1. The van der Waals surface area contributed by atoms with Gasteiger partial charge >= 0.3 is 0 Å². The Morgan fingerprint density at radius 2 is 1.94 bits per heavy atom. The maximum absolute atomic E-state index is 6.21. The average molecular weight is 260 g/mol. The summed E-state index contributed by atoms with van der Waals surface area (Å²) in [6, 6.07) is 6.08. The van der Waals surface area contributed by atoms with Crippen molar-refractivity contribution in [2.24, 2.45) is 0 Å². The molecule has 0 heterocycles. The van der Waals surface area contributed by atoms with E-state index in [0.29, 0.717) is 11.1 Å². The van der Waals surface area contributed by atoms with Gasteiger partial charge in [0.15, 0.2) is 0 Å². The van der Waals surface area contributed by atoms with E-state index in [9.17, 15) is 0 Å². The van der Waals surface area contributed by atoms with Crippen LogP contribution in [0.25, 0.3) is 0 Å². The Bertz CT molecular complexity index is 326. The molecule has 0 aromatic heterocycles. The predicted molar refractivity (Wildman–Crippen MR) is 72.4 cm³/mol. The second-order valence-electron chi connectivity index (χ2n) is 3.96. The van der Waals surface area contributed by atoms with E-state index >= 15 is 0 Å². The largest absolute Gasteiger partial charge is 0.310 e. The minimum absolute atomic E-state index is 0.342. The van der Waals surface area contributed by atoms with Crippen molar-refractivity contribution in [3.8, 4) is 0 Å². The Morgan fingerprint density at radius 3 is 2.50 bits per heavy atom. The molecule has 0 saturated heterocycles. The Hall–Kier alpha value is -0.240. The quantitative estimate of drug-likeness (QED) is 0.772. The van der Waals surface area contributed by atoms with Gasteiger partial charge in [-0.2, -0.15) is 0 Å². The molecule has 3 heteroatoms. The third-order valence-corrected chi connectivity index (χ3v) is 3.12. The lowest BCUT2D eigenvalue weighted by molar-refractivity contribution is 0.494. The van der Waals surface area contributed by atoms with Crippen molar-refractivity contribution < 1.29 is 0 Å². The minimum Gasteiger partial charge on any atom is -0.310 e. The van der Waals surface area contributed by atoms with Crippen LogP contribution in [-0.4, -0.2) is 6.54 Å². The second-order valence-corrected chi connectivity index (χ2v) is 4.80. The Balaban J connectivity index is 2.82. The summed E-state index contributed by atoms with van der Waals surface area (Å²) in [6.45, 7) is 5.37. The third kappa shape index (κ3) is 3.97. The molecule has 0 aliphatic carbocycles. The van der Waals surface area contributed by atoms with Crippen LogP contribution >= 0.6 is 23.2 Å². The zero-order valence-corrected chi connectivity index (χ0v) is 11.4. The molecule has 1 aromatic rings. The van der Waals surface area contributed by atoms with Gasteiger partial charge in [0, 0.05) is 16.1 Å². The molecule has 0 aliphatic heterocycles. The number of halogens is 2. The summed E-state index contributed by atoms with van der Waals surface area (Å²) < 4.78 is 0. The molecule has 0 aliphatic rings. The van der Waals surface area contributed by atoms with Gasteiger partial charge in [0.25, 0.3) is 0 Å². The van der Waals surface area contributed by atoms with Gasteiger partial charge in [0.1, 0.15) is 0 Å². The van der Waals surface area contributed by atoms with E-state index in [1.165, 1.54) is 0 Å². The van der Waals surface area contributed by atoms with Gasteiger partial charge in [-0.1, -0.05) is 49.5 Å². The summed E-state index contributed by atoms with van der Waals surface area (Å²) in [5, 5.41) is 4.97. The van der Waals surface area contributed by atoms with Crippen LogP contribution in [0.4, 0.5) is 0 Å². The fourth-order valence-electron chi connectivity index (χ4n) is 1.76. The van der Waals surface area contributed by atoms with E-state index < -0.39 is 0 Å². The molecule has 1 rings (SSSR count). The standard InChI is InChI=1S/C13H19Cl2N/c1-3-5-13(16-8-4-2)11-7-6-10(14)9-12(11)15/h6-7,9,13,16H,3-5,8H2,1-2H3. The highest BCUT2D eigenvalue weighted by molar-refractivity contribution is 6.35. The zero-order valence-electron chi connectivity index (χ0n) is 9.89. The molecule has 90 valence electrons. The van der Waals surface area contributed by atoms with Crippen molar-refractivity contribution >= 4 is 23.2 Å². The van der Waals surface area contributed by atoms with E-state index in [-0.39, 0.29) is 0 Å². The van der Waals surface area contributed by atoms with E-state index in [1.807, 2.05) is 18.2 Å². The monoisotopic (exact) mass is 259 g/mol. The van der Waals surface area contributed by atoms with Crippen molar-refractivity contribution in [1.29, 1.82) is 0 Å². The Kier molecular flexibility index (Phi) is 6.18. The van der Waals surface area contributed by atoms with Crippen molar-refractivity contribution in [1.82, 2.24) is 5.32 Å². The van der Waals surface area contributed by atoms with Crippen LogP contribution in [0.1, 0.15) is 44.7 Å². The summed E-state index contributed by atoms with van der Waals surface area (Å²) in [6.07, 6.45) is 3.37. The molecule has 1 aromatic carbocycles. The van der Waals surface area contributed by atoms with Gasteiger partial charge in [0.05, 0.1) is 0 Å². The molecular weight excluding hydrogens is 241 g/mol. The van der Waals surface area contributed by atoms with E-state index in [2.05, 4.69) is 19.2 Å². The second kappa shape index (κ2) is 7.16. The lowest BCUT2D eigenvalue weighted by atomic mass is 10.0. The van der Waals surface area contributed by atoms with Crippen molar-refractivity contribution in [3.05, 3.63) is 33.8 Å². The number of nitrogens with one attached hydrogen (secondary N) is 1. The lowest BCUT2D eigenvalue weighted by Gasteiger charge is -2.19. The topological polar surface area (TPSA) is 12.0 Å². The Labute approximate surface area is 108 Å². The number of rotatable bonds is 6. The van der Waals surface area contributed by atoms with Crippen LogP contribution in [0.15, 0.2) is 18.2 Å². The van der Waals surface area contributed by atoms with Crippen LogP contribution in [0, 0.1) is 0 Å². The van der Waals surface area contributed by atoms with Gasteiger partial charge in [-0.05, 0) is 37.1 Å². The molecule has 0 fully saturated rings. The molecule has 1 N–H and O–H groups in total. The molecule has 0 bridgehead atoms. The fraction of sp³-hybridized carbons (Fsp3) is 0.538. The molecule has 0 radical (unpaired) electrons. The van der Waals surface area contributed by atoms with Crippen molar-refractivity contribution in [2.75, 3.05) is 6.54 Å². The summed E-state index contributed by atoms with van der Waals surface area (Å²) in [7, 11) is 0. The first-order valence-corrected chi connectivity index (χ1v) is 6.63. The number of hydrogen-bond donors (Lipinski definition) is 1. The van der Waals surface area contributed by atoms with Gasteiger partial charge in [-0.3, -0.25) is 0 Å². The number of hydrogen-bond acceptors (Lipinski definition) is 1. The van der Waals surface area contributed by atoms with Crippen LogP contribution in [0.5, 0.6) is 0 Å². The first-order chi connectivity index (χ1) is 7.69. The third-order valence-electron chi connectivity index (χ3n) is 2.56. The average Bonchev–Trinajstić information content (AvgIpc) is 2.25. The molecule has 16 heavy (non-hydrogen) atoms. The van der Waals surface area contributed by atoms with Gasteiger partial charge in [-0.25, -0.2) is 0 Å². The summed E-state index contributed by atoms with van der Waals surface area (Å²) in [5.74, 6) is 0. The zero-order chi connectivity index (χ0) is 12.0. The molecule has 0 amide bonds.